The second-order valence-electron chi connectivity index (χ2n) is 8.72. The number of rotatable bonds is 5. The van der Waals surface area contributed by atoms with E-state index in [4.69, 9.17) is 4.74 Å². The van der Waals surface area contributed by atoms with Gasteiger partial charge in [0.25, 0.3) is 11.8 Å². The molecular weight excluding hydrogens is 410 g/mol. The number of thiophene rings is 1. The molecule has 0 saturated carbocycles. The number of amides is 2. The molecule has 1 unspecified atom stereocenters. The molecule has 166 valence electrons. The predicted molar refractivity (Wildman–Crippen MR) is 122 cm³/mol. The van der Waals surface area contributed by atoms with Crippen LogP contribution in [0.25, 0.3) is 0 Å². The summed E-state index contributed by atoms with van der Waals surface area (Å²) < 4.78 is 6.40. The lowest BCUT2D eigenvalue weighted by atomic mass is 9.88. The SMILES string of the molecule is Cc1ccc(C(=O)N2CCC3(CC2)CN(C)CC(C(=O)NCCc2ccccc2)O3)s1. The van der Waals surface area contributed by atoms with Crippen molar-refractivity contribution in [1.29, 1.82) is 0 Å². The Bertz CT molecular complexity index is 906. The third kappa shape index (κ3) is 5.34. The van der Waals surface area contributed by atoms with E-state index in [1.807, 2.05) is 49.2 Å². The Morgan fingerprint density at radius 3 is 2.58 bits per heavy atom. The third-order valence-electron chi connectivity index (χ3n) is 6.19. The van der Waals surface area contributed by atoms with Gasteiger partial charge in [0.15, 0.2) is 0 Å². The number of likely N-dealkylation sites (tertiary alicyclic amines) is 1. The summed E-state index contributed by atoms with van der Waals surface area (Å²) >= 11 is 1.54. The van der Waals surface area contributed by atoms with Crippen LogP contribution in [0.5, 0.6) is 0 Å². The Morgan fingerprint density at radius 1 is 1.16 bits per heavy atom. The van der Waals surface area contributed by atoms with Crippen LogP contribution in [0.4, 0.5) is 0 Å². The lowest BCUT2D eigenvalue weighted by Crippen LogP contribution is -2.61. The summed E-state index contributed by atoms with van der Waals surface area (Å²) in [5.41, 5.74) is 0.843. The summed E-state index contributed by atoms with van der Waals surface area (Å²) in [4.78, 5) is 31.6. The van der Waals surface area contributed by atoms with E-state index in [-0.39, 0.29) is 17.4 Å². The standard InChI is InChI=1S/C24H31N3O3S/c1-18-8-9-21(31-18)23(29)27-14-11-24(12-15-27)17-26(2)16-20(30-24)22(28)25-13-10-19-6-4-3-5-7-19/h3-9,20H,10-17H2,1-2H3,(H,25,28). The first-order chi connectivity index (χ1) is 14.9. The number of piperidine rings is 1. The normalized spacial score (nSPS) is 21.2. The van der Waals surface area contributed by atoms with Crippen molar-refractivity contribution in [3.05, 3.63) is 57.8 Å². The molecule has 3 heterocycles. The van der Waals surface area contributed by atoms with Crippen molar-refractivity contribution in [2.75, 3.05) is 39.8 Å². The molecule has 2 fully saturated rings. The summed E-state index contributed by atoms with van der Waals surface area (Å²) in [5, 5.41) is 3.04. The van der Waals surface area contributed by atoms with E-state index < -0.39 is 6.10 Å². The van der Waals surface area contributed by atoms with Crippen molar-refractivity contribution < 1.29 is 14.3 Å². The molecule has 1 atom stereocenters. The van der Waals surface area contributed by atoms with Crippen molar-refractivity contribution >= 4 is 23.2 Å². The average molecular weight is 442 g/mol. The van der Waals surface area contributed by atoms with E-state index in [1.54, 1.807) is 11.3 Å². The summed E-state index contributed by atoms with van der Waals surface area (Å²) in [6, 6.07) is 14.1. The van der Waals surface area contributed by atoms with E-state index in [9.17, 15) is 9.59 Å². The Morgan fingerprint density at radius 2 is 1.90 bits per heavy atom. The highest BCUT2D eigenvalue weighted by atomic mass is 32.1. The average Bonchev–Trinajstić information content (AvgIpc) is 3.20. The number of benzene rings is 1. The second kappa shape index (κ2) is 9.51. The van der Waals surface area contributed by atoms with Gasteiger partial charge in [-0.05, 0) is 50.9 Å². The molecular formula is C24H31N3O3S. The number of hydrogen-bond donors (Lipinski definition) is 1. The fourth-order valence-corrected chi connectivity index (χ4v) is 5.37. The maximum absolute atomic E-state index is 12.8. The van der Waals surface area contributed by atoms with Crippen LogP contribution in [0.2, 0.25) is 0 Å². The molecule has 2 aliphatic rings. The van der Waals surface area contributed by atoms with Crippen molar-refractivity contribution in [1.82, 2.24) is 15.1 Å². The summed E-state index contributed by atoms with van der Waals surface area (Å²) in [7, 11) is 2.04. The van der Waals surface area contributed by atoms with Gasteiger partial charge in [-0.3, -0.25) is 9.59 Å². The zero-order valence-electron chi connectivity index (χ0n) is 18.3. The Hall–Kier alpha value is -2.22. The minimum atomic E-state index is -0.475. The minimum Gasteiger partial charge on any atom is -0.359 e. The van der Waals surface area contributed by atoms with Crippen LogP contribution in [0.1, 0.15) is 33.0 Å². The van der Waals surface area contributed by atoms with Crippen LogP contribution in [0, 0.1) is 6.92 Å². The smallest absolute Gasteiger partial charge is 0.263 e. The first-order valence-corrected chi connectivity index (χ1v) is 11.8. The maximum atomic E-state index is 12.8. The molecule has 4 rings (SSSR count). The zero-order valence-corrected chi connectivity index (χ0v) is 19.1. The lowest BCUT2D eigenvalue weighted by Gasteiger charge is -2.48. The fourth-order valence-electron chi connectivity index (χ4n) is 4.54. The molecule has 31 heavy (non-hydrogen) atoms. The molecule has 1 N–H and O–H groups in total. The number of hydrogen-bond acceptors (Lipinski definition) is 5. The first kappa shape index (κ1) is 22.0. The van der Waals surface area contributed by atoms with Gasteiger partial charge in [-0.15, -0.1) is 11.3 Å². The summed E-state index contributed by atoms with van der Waals surface area (Å²) in [5.74, 6) is 0.0572. The molecule has 2 amide bonds. The van der Waals surface area contributed by atoms with E-state index in [2.05, 4.69) is 22.3 Å². The van der Waals surface area contributed by atoms with Gasteiger partial charge < -0.3 is 19.9 Å². The number of carbonyl (C=O) groups is 2. The Kier molecular flexibility index (Phi) is 6.74. The van der Waals surface area contributed by atoms with Gasteiger partial charge in [0.2, 0.25) is 0 Å². The van der Waals surface area contributed by atoms with Crippen LogP contribution in [-0.4, -0.2) is 73.1 Å². The Labute approximate surface area is 188 Å². The highest BCUT2D eigenvalue weighted by molar-refractivity contribution is 7.13. The minimum absolute atomic E-state index is 0.0468. The van der Waals surface area contributed by atoms with Crippen molar-refractivity contribution in [3.8, 4) is 0 Å². The molecule has 1 aromatic heterocycles. The fraction of sp³-hybridized carbons (Fsp3) is 0.500. The number of likely N-dealkylation sites (N-methyl/N-ethyl adjacent to an activating group) is 1. The van der Waals surface area contributed by atoms with E-state index in [0.29, 0.717) is 26.2 Å². The van der Waals surface area contributed by atoms with Crippen LogP contribution < -0.4 is 5.32 Å². The molecule has 0 bridgehead atoms. The lowest BCUT2D eigenvalue weighted by molar-refractivity contribution is -0.180. The van der Waals surface area contributed by atoms with Crippen LogP contribution in [-0.2, 0) is 16.0 Å². The summed E-state index contributed by atoms with van der Waals surface area (Å²) in [6.07, 6.45) is 1.83. The van der Waals surface area contributed by atoms with Gasteiger partial charge in [0.05, 0.1) is 10.5 Å². The van der Waals surface area contributed by atoms with Gasteiger partial charge in [-0.25, -0.2) is 0 Å². The third-order valence-corrected chi connectivity index (χ3v) is 7.18. The van der Waals surface area contributed by atoms with E-state index >= 15 is 0 Å². The molecule has 0 radical (unpaired) electrons. The molecule has 7 heteroatoms. The first-order valence-electron chi connectivity index (χ1n) is 11.0. The largest absolute Gasteiger partial charge is 0.359 e. The number of carbonyl (C=O) groups excluding carboxylic acids is 2. The van der Waals surface area contributed by atoms with Crippen molar-refractivity contribution in [2.45, 2.75) is 37.9 Å². The molecule has 1 aromatic carbocycles. The molecule has 2 aliphatic heterocycles. The zero-order chi connectivity index (χ0) is 21.8. The van der Waals surface area contributed by atoms with E-state index in [1.165, 1.54) is 5.56 Å². The van der Waals surface area contributed by atoms with Gasteiger partial charge in [0, 0.05) is 37.6 Å². The number of ether oxygens (including phenoxy) is 1. The number of morpholine rings is 1. The Balaban J connectivity index is 1.31. The van der Waals surface area contributed by atoms with Gasteiger partial charge in [-0.2, -0.15) is 0 Å². The van der Waals surface area contributed by atoms with Crippen LogP contribution in [0.15, 0.2) is 42.5 Å². The predicted octanol–water partition coefficient (Wildman–Crippen LogP) is 2.72. The molecule has 0 aliphatic carbocycles. The molecule has 2 aromatic rings. The van der Waals surface area contributed by atoms with Crippen molar-refractivity contribution in [3.63, 3.8) is 0 Å². The number of aryl methyl sites for hydroxylation is 1. The summed E-state index contributed by atoms with van der Waals surface area (Å²) in [6.45, 7) is 5.32. The monoisotopic (exact) mass is 441 g/mol. The molecule has 2 saturated heterocycles. The van der Waals surface area contributed by atoms with Gasteiger partial charge >= 0.3 is 0 Å². The quantitative estimate of drug-likeness (QED) is 0.775. The maximum Gasteiger partial charge on any atom is 0.263 e. The van der Waals surface area contributed by atoms with Crippen LogP contribution in [0.3, 0.4) is 0 Å². The van der Waals surface area contributed by atoms with Gasteiger partial charge in [0.1, 0.15) is 6.10 Å². The topological polar surface area (TPSA) is 61.9 Å². The van der Waals surface area contributed by atoms with Crippen LogP contribution >= 0.6 is 11.3 Å². The number of nitrogens with one attached hydrogen (secondary N) is 1. The van der Waals surface area contributed by atoms with E-state index in [0.717, 1.165) is 35.6 Å². The highest BCUT2D eigenvalue weighted by Crippen LogP contribution is 2.33. The van der Waals surface area contributed by atoms with Gasteiger partial charge in [-0.1, -0.05) is 30.3 Å². The molecule has 6 nitrogen and oxygen atoms in total. The highest BCUT2D eigenvalue weighted by Gasteiger charge is 2.44. The van der Waals surface area contributed by atoms with Crippen molar-refractivity contribution in [2.24, 2.45) is 0 Å². The molecule has 1 spiro atoms. The second-order valence-corrected chi connectivity index (χ2v) is 10.0. The number of nitrogens with zero attached hydrogens (tertiary/aromatic N) is 2.